The number of hydrogen-bond acceptors (Lipinski definition) is 1. The summed E-state index contributed by atoms with van der Waals surface area (Å²) in [7, 11) is 0. The highest BCUT2D eigenvalue weighted by Crippen LogP contribution is 1.91. The summed E-state index contributed by atoms with van der Waals surface area (Å²) in [6.45, 7) is 9.34. The monoisotopic (exact) mass is 151 g/mol. The highest BCUT2D eigenvalue weighted by Gasteiger charge is 2.01. The van der Waals surface area contributed by atoms with Gasteiger partial charge in [-0.05, 0) is 13.0 Å². The summed E-state index contributed by atoms with van der Waals surface area (Å²) < 4.78 is 0. The van der Waals surface area contributed by atoms with Crippen LogP contribution in [0.1, 0.15) is 6.92 Å². The third-order valence-electron chi connectivity index (χ3n) is 1.14. The molecule has 0 aliphatic heterocycles. The van der Waals surface area contributed by atoms with E-state index in [0.29, 0.717) is 6.54 Å². The van der Waals surface area contributed by atoms with Crippen molar-refractivity contribution >= 4 is 5.91 Å². The molecule has 0 atom stereocenters. The van der Waals surface area contributed by atoms with E-state index in [1.54, 1.807) is 19.1 Å². The molecule has 0 N–H and O–H groups in total. The maximum absolute atomic E-state index is 11.1. The minimum atomic E-state index is -0.0672. The van der Waals surface area contributed by atoms with E-state index in [1.165, 1.54) is 17.2 Å². The number of allylic oxidation sites excluding steroid dienone is 1. The van der Waals surface area contributed by atoms with Gasteiger partial charge in [0.05, 0.1) is 0 Å². The molecule has 11 heavy (non-hydrogen) atoms. The first-order valence-electron chi connectivity index (χ1n) is 3.43. The maximum atomic E-state index is 11.1. The van der Waals surface area contributed by atoms with Gasteiger partial charge in [0.15, 0.2) is 0 Å². The quantitative estimate of drug-likeness (QED) is 0.442. The topological polar surface area (TPSA) is 20.3 Å². The lowest BCUT2D eigenvalue weighted by atomic mass is 10.4. The van der Waals surface area contributed by atoms with Gasteiger partial charge in [-0.1, -0.05) is 18.7 Å². The van der Waals surface area contributed by atoms with E-state index >= 15 is 0 Å². The van der Waals surface area contributed by atoms with Crippen LogP contribution in [0.5, 0.6) is 0 Å². The molecule has 0 fully saturated rings. The van der Waals surface area contributed by atoms with E-state index < -0.39 is 0 Å². The van der Waals surface area contributed by atoms with Gasteiger partial charge in [0.1, 0.15) is 0 Å². The number of nitrogens with zero attached hydrogens (tertiary/aromatic N) is 1. The van der Waals surface area contributed by atoms with E-state index in [0.717, 1.165) is 0 Å². The van der Waals surface area contributed by atoms with Gasteiger partial charge in [0.2, 0.25) is 5.91 Å². The molecule has 60 valence electrons. The van der Waals surface area contributed by atoms with E-state index in [2.05, 4.69) is 13.2 Å². The number of carbonyl (C=O) groups is 1. The molecular weight excluding hydrogens is 138 g/mol. The number of amides is 1. The molecule has 0 heterocycles. The highest BCUT2D eigenvalue weighted by atomic mass is 16.2. The number of carbonyl (C=O) groups excluding carboxylic acids is 1. The van der Waals surface area contributed by atoms with Crippen LogP contribution in [-0.2, 0) is 4.79 Å². The first-order valence-corrected chi connectivity index (χ1v) is 3.43. The van der Waals surface area contributed by atoms with E-state index in [-0.39, 0.29) is 5.91 Å². The Morgan fingerprint density at radius 3 is 2.55 bits per heavy atom. The lowest BCUT2D eigenvalue weighted by Crippen LogP contribution is -2.23. The molecule has 2 nitrogen and oxygen atoms in total. The molecule has 0 aromatic carbocycles. The Hall–Kier alpha value is -1.31. The van der Waals surface area contributed by atoms with Crippen molar-refractivity contribution in [2.45, 2.75) is 6.92 Å². The third-order valence-corrected chi connectivity index (χ3v) is 1.14. The molecule has 0 saturated carbocycles. The third kappa shape index (κ3) is 3.40. The first-order chi connectivity index (χ1) is 5.26. The van der Waals surface area contributed by atoms with Crippen LogP contribution in [0, 0.1) is 0 Å². The van der Waals surface area contributed by atoms with Crippen molar-refractivity contribution in [1.29, 1.82) is 0 Å². The zero-order valence-electron chi connectivity index (χ0n) is 6.79. The summed E-state index contributed by atoms with van der Waals surface area (Å²) in [5.41, 5.74) is 0. The van der Waals surface area contributed by atoms with Crippen molar-refractivity contribution in [3.63, 3.8) is 0 Å². The van der Waals surface area contributed by atoms with Gasteiger partial charge >= 0.3 is 0 Å². The number of rotatable bonds is 4. The van der Waals surface area contributed by atoms with E-state index in [9.17, 15) is 4.79 Å². The average molecular weight is 151 g/mol. The van der Waals surface area contributed by atoms with Crippen LogP contribution in [0.2, 0.25) is 0 Å². The molecule has 0 bridgehead atoms. The van der Waals surface area contributed by atoms with E-state index in [1.807, 2.05) is 0 Å². The molecule has 0 aromatic heterocycles. The van der Waals surface area contributed by atoms with Crippen molar-refractivity contribution < 1.29 is 4.79 Å². The van der Waals surface area contributed by atoms with Crippen molar-refractivity contribution in [1.82, 2.24) is 4.90 Å². The van der Waals surface area contributed by atoms with Gasteiger partial charge in [-0.15, -0.1) is 6.58 Å². The molecule has 0 saturated heterocycles. The summed E-state index contributed by atoms with van der Waals surface area (Å²) in [4.78, 5) is 12.6. The van der Waals surface area contributed by atoms with Crippen LogP contribution in [-0.4, -0.2) is 17.4 Å². The molecule has 0 aromatic rings. The molecule has 1 amide bonds. The first kappa shape index (κ1) is 9.69. The normalized spacial score (nSPS) is 9.55. The van der Waals surface area contributed by atoms with Gasteiger partial charge in [-0.3, -0.25) is 4.79 Å². The summed E-state index contributed by atoms with van der Waals surface area (Å²) >= 11 is 0. The van der Waals surface area contributed by atoms with Crippen LogP contribution in [0.4, 0.5) is 0 Å². The van der Waals surface area contributed by atoms with Crippen LogP contribution in [0.15, 0.2) is 37.6 Å². The van der Waals surface area contributed by atoms with Crippen molar-refractivity contribution in [2.24, 2.45) is 0 Å². The lowest BCUT2D eigenvalue weighted by molar-refractivity contribution is -0.123. The standard InChI is InChI=1S/C9H13NO/c1-4-7-9(11)10(6-3)8-5-2/h4-7H,2-3,8H2,1H3/b7-4-. The Morgan fingerprint density at radius 2 is 2.18 bits per heavy atom. The molecular formula is C9H13NO. The molecule has 0 unspecified atom stereocenters. The molecule has 0 spiro atoms. The van der Waals surface area contributed by atoms with Crippen LogP contribution < -0.4 is 0 Å². The van der Waals surface area contributed by atoms with E-state index in [4.69, 9.17) is 0 Å². The van der Waals surface area contributed by atoms with Gasteiger partial charge in [-0.25, -0.2) is 0 Å². The zero-order chi connectivity index (χ0) is 8.69. The van der Waals surface area contributed by atoms with Crippen molar-refractivity contribution in [3.8, 4) is 0 Å². The fraction of sp³-hybridized carbons (Fsp3) is 0.222. The molecule has 0 aliphatic carbocycles. The Morgan fingerprint density at radius 1 is 1.55 bits per heavy atom. The second kappa shape index (κ2) is 5.47. The summed E-state index contributed by atoms with van der Waals surface area (Å²) in [5, 5.41) is 0. The molecule has 0 rings (SSSR count). The molecule has 2 heteroatoms. The SMILES string of the molecule is C=CCN(C=C)C(=O)/C=C\C. The summed E-state index contributed by atoms with van der Waals surface area (Å²) in [5.74, 6) is -0.0672. The highest BCUT2D eigenvalue weighted by molar-refractivity contribution is 5.88. The predicted octanol–water partition coefficient (Wildman–Crippen LogP) is 1.72. The number of hydrogen-bond donors (Lipinski definition) is 0. The Kier molecular flexibility index (Phi) is 4.82. The Labute approximate surface area is 67.5 Å². The van der Waals surface area contributed by atoms with Gasteiger partial charge in [-0.2, -0.15) is 0 Å². The Balaban J connectivity index is 4.12. The minimum absolute atomic E-state index is 0.0672. The van der Waals surface area contributed by atoms with Gasteiger partial charge < -0.3 is 4.90 Å². The fourth-order valence-electron chi connectivity index (χ4n) is 0.632. The summed E-state index contributed by atoms with van der Waals surface area (Å²) in [6, 6.07) is 0. The fourth-order valence-corrected chi connectivity index (χ4v) is 0.632. The second-order valence-corrected chi connectivity index (χ2v) is 1.96. The zero-order valence-corrected chi connectivity index (χ0v) is 6.79. The molecule has 0 radical (unpaired) electrons. The second-order valence-electron chi connectivity index (χ2n) is 1.96. The van der Waals surface area contributed by atoms with Crippen LogP contribution in [0.3, 0.4) is 0 Å². The summed E-state index contributed by atoms with van der Waals surface area (Å²) in [6.07, 6.45) is 6.33. The van der Waals surface area contributed by atoms with Crippen molar-refractivity contribution in [2.75, 3.05) is 6.54 Å². The van der Waals surface area contributed by atoms with Gasteiger partial charge in [0, 0.05) is 12.7 Å². The predicted molar refractivity (Wildman–Crippen MR) is 46.9 cm³/mol. The Bertz CT molecular complexity index is 182. The maximum Gasteiger partial charge on any atom is 0.250 e. The average Bonchev–Trinajstić information content (AvgIpc) is 2.00. The van der Waals surface area contributed by atoms with Crippen LogP contribution in [0.25, 0.3) is 0 Å². The molecule has 0 aliphatic rings. The minimum Gasteiger partial charge on any atom is -0.312 e. The van der Waals surface area contributed by atoms with Crippen molar-refractivity contribution in [3.05, 3.63) is 37.6 Å². The largest absolute Gasteiger partial charge is 0.312 e. The van der Waals surface area contributed by atoms with Crippen LogP contribution >= 0.6 is 0 Å². The van der Waals surface area contributed by atoms with Gasteiger partial charge in [0.25, 0.3) is 0 Å². The lowest BCUT2D eigenvalue weighted by Gasteiger charge is -2.12. The smallest absolute Gasteiger partial charge is 0.250 e.